The van der Waals surface area contributed by atoms with E-state index in [0.29, 0.717) is 0 Å². The fourth-order valence-electron chi connectivity index (χ4n) is 2.31. The van der Waals surface area contributed by atoms with Crippen LogP contribution in [-0.2, 0) is 13.0 Å². The molecule has 0 radical (unpaired) electrons. The van der Waals surface area contributed by atoms with Gasteiger partial charge in [0, 0.05) is 25.5 Å². The van der Waals surface area contributed by atoms with Crippen LogP contribution in [-0.4, -0.2) is 24.7 Å². The molecule has 104 valence electrons. The van der Waals surface area contributed by atoms with E-state index in [1.807, 2.05) is 12.3 Å². The predicted molar refractivity (Wildman–Crippen MR) is 80.1 cm³/mol. The smallest absolute Gasteiger partial charge is 0.142 e. The lowest BCUT2D eigenvalue weighted by atomic mass is 10.1. The van der Waals surface area contributed by atoms with Crippen molar-refractivity contribution >= 4 is 5.69 Å². The third kappa shape index (κ3) is 3.27. The zero-order valence-corrected chi connectivity index (χ0v) is 11.4. The highest BCUT2D eigenvalue weighted by atomic mass is 16.5. The normalized spacial score (nSPS) is 13.2. The summed E-state index contributed by atoms with van der Waals surface area (Å²) in [5, 5.41) is 6.80. The van der Waals surface area contributed by atoms with Gasteiger partial charge >= 0.3 is 0 Å². The van der Waals surface area contributed by atoms with Gasteiger partial charge in [-0.1, -0.05) is 12.1 Å². The Morgan fingerprint density at radius 3 is 3.15 bits per heavy atom. The predicted octanol–water partition coefficient (Wildman–Crippen LogP) is 2.22. The van der Waals surface area contributed by atoms with Crippen LogP contribution in [0.1, 0.15) is 11.1 Å². The van der Waals surface area contributed by atoms with E-state index in [-0.39, 0.29) is 0 Å². The summed E-state index contributed by atoms with van der Waals surface area (Å²) in [6, 6.07) is 10.4. The van der Waals surface area contributed by atoms with Gasteiger partial charge in [-0.15, -0.1) is 0 Å². The van der Waals surface area contributed by atoms with Crippen molar-refractivity contribution in [3.05, 3.63) is 53.9 Å². The van der Waals surface area contributed by atoms with E-state index in [2.05, 4.69) is 39.9 Å². The quantitative estimate of drug-likeness (QED) is 0.817. The highest BCUT2D eigenvalue weighted by Crippen LogP contribution is 2.27. The number of pyridine rings is 1. The second-order valence-corrected chi connectivity index (χ2v) is 4.89. The van der Waals surface area contributed by atoms with Crippen LogP contribution in [0.15, 0.2) is 42.7 Å². The number of ether oxygens (including phenoxy) is 1. The first-order valence-corrected chi connectivity index (χ1v) is 7.01. The van der Waals surface area contributed by atoms with E-state index in [1.165, 1.54) is 11.1 Å². The molecule has 0 aliphatic carbocycles. The summed E-state index contributed by atoms with van der Waals surface area (Å²) in [7, 11) is 0. The Balaban J connectivity index is 1.49. The maximum atomic E-state index is 5.58. The Bertz CT molecular complexity index is 557. The fraction of sp³-hybridized carbons (Fsp3) is 0.312. The number of hydrogen-bond acceptors (Lipinski definition) is 4. The Kier molecular flexibility index (Phi) is 4.13. The van der Waals surface area contributed by atoms with Crippen molar-refractivity contribution in [1.82, 2.24) is 10.3 Å². The zero-order chi connectivity index (χ0) is 13.6. The topological polar surface area (TPSA) is 46.2 Å². The van der Waals surface area contributed by atoms with Crippen molar-refractivity contribution in [3.63, 3.8) is 0 Å². The molecule has 0 bridgehead atoms. The summed E-state index contributed by atoms with van der Waals surface area (Å²) in [4.78, 5) is 4.11. The van der Waals surface area contributed by atoms with Crippen molar-refractivity contribution in [2.75, 3.05) is 25.0 Å². The molecule has 0 saturated carbocycles. The van der Waals surface area contributed by atoms with Crippen LogP contribution < -0.4 is 15.4 Å². The Morgan fingerprint density at radius 2 is 2.25 bits per heavy atom. The lowest BCUT2D eigenvalue weighted by molar-refractivity contribution is 0.323. The van der Waals surface area contributed by atoms with Crippen LogP contribution in [0.25, 0.3) is 0 Å². The van der Waals surface area contributed by atoms with Gasteiger partial charge < -0.3 is 15.4 Å². The monoisotopic (exact) mass is 269 g/mol. The Labute approximate surface area is 119 Å². The van der Waals surface area contributed by atoms with E-state index in [1.54, 1.807) is 6.20 Å². The summed E-state index contributed by atoms with van der Waals surface area (Å²) < 4.78 is 5.58. The molecule has 0 spiro atoms. The van der Waals surface area contributed by atoms with Crippen LogP contribution in [0.2, 0.25) is 0 Å². The molecule has 0 atom stereocenters. The Hall–Kier alpha value is -2.07. The van der Waals surface area contributed by atoms with Gasteiger partial charge in [0.2, 0.25) is 0 Å². The van der Waals surface area contributed by atoms with E-state index >= 15 is 0 Å². The summed E-state index contributed by atoms with van der Waals surface area (Å²) in [6.07, 6.45) is 4.70. The molecule has 4 nitrogen and oxygen atoms in total. The number of nitrogens with zero attached hydrogens (tertiary/aromatic N) is 1. The zero-order valence-electron chi connectivity index (χ0n) is 11.4. The second-order valence-electron chi connectivity index (χ2n) is 4.89. The second kappa shape index (κ2) is 6.39. The first-order valence-electron chi connectivity index (χ1n) is 7.01. The number of rotatable bonds is 5. The van der Waals surface area contributed by atoms with Crippen LogP contribution in [0.3, 0.4) is 0 Å². The molecular weight excluding hydrogens is 250 g/mol. The van der Waals surface area contributed by atoms with Crippen molar-refractivity contribution in [2.24, 2.45) is 0 Å². The number of anilines is 1. The van der Waals surface area contributed by atoms with Gasteiger partial charge in [0.1, 0.15) is 12.4 Å². The first kappa shape index (κ1) is 12.9. The molecule has 0 fully saturated rings. The molecule has 1 aromatic heterocycles. The summed E-state index contributed by atoms with van der Waals surface area (Å²) in [6.45, 7) is 3.45. The van der Waals surface area contributed by atoms with Crippen molar-refractivity contribution in [3.8, 4) is 5.75 Å². The van der Waals surface area contributed by atoms with Gasteiger partial charge in [-0.25, -0.2) is 0 Å². The standard InChI is InChI=1S/C16H19N3O/c1-2-14(11-17-6-1)12-18-7-5-13-3-4-16-15(10-13)19-8-9-20-16/h1-4,6,10-11,18-19H,5,7-9,12H2. The molecule has 1 aliphatic heterocycles. The maximum absolute atomic E-state index is 5.58. The van der Waals surface area contributed by atoms with E-state index in [0.717, 1.165) is 44.1 Å². The van der Waals surface area contributed by atoms with Crippen molar-refractivity contribution in [1.29, 1.82) is 0 Å². The average Bonchev–Trinajstić information content (AvgIpc) is 2.52. The first-order chi connectivity index (χ1) is 9.92. The van der Waals surface area contributed by atoms with Crippen LogP contribution in [0, 0.1) is 0 Å². The maximum Gasteiger partial charge on any atom is 0.142 e. The highest BCUT2D eigenvalue weighted by Gasteiger charge is 2.09. The molecule has 2 heterocycles. The molecule has 1 aliphatic rings. The molecule has 0 amide bonds. The molecule has 20 heavy (non-hydrogen) atoms. The number of nitrogens with one attached hydrogen (secondary N) is 2. The number of benzene rings is 1. The number of fused-ring (bicyclic) bond motifs is 1. The molecule has 2 N–H and O–H groups in total. The third-order valence-electron chi connectivity index (χ3n) is 3.36. The number of aromatic nitrogens is 1. The largest absolute Gasteiger partial charge is 0.490 e. The third-order valence-corrected chi connectivity index (χ3v) is 3.36. The van der Waals surface area contributed by atoms with Gasteiger partial charge in [0.05, 0.1) is 5.69 Å². The minimum atomic E-state index is 0.749. The van der Waals surface area contributed by atoms with Crippen LogP contribution >= 0.6 is 0 Å². The van der Waals surface area contributed by atoms with Gasteiger partial charge in [-0.05, 0) is 42.3 Å². The summed E-state index contributed by atoms with van der Waals surface area (Å²) in [5.41, 5.74) is 3.65. The van der Waals surface area contributed by atoms with E-state index < -0.39 is 0 Å². The highest BCUT2D eigenvalue weighted by molar-refractivity contribution is 5.59. The molecule has 0 unspecified atom stereocenters. The fourth-order valence-corrected chi connectivity index (χ4v) is 2.31. The molecular formula is C16H19N3O. The summed E-state index contributed by atoms with van der Waals surface area (Å²) in [5.74, 6) is 0.961. The van der Waals surface area contributed by atoms with Crippen LogP contribution in [0.5, 0.6) is 5.75 Å². The van der Waals surface area contributed by atoms with Gasteiger partial charge in [0.15, 0.2) is 0 Å². The molecule has 1 aromatic carbocycles. The summed E-state index contributed by atoms with van der Waals surface area (Å²) >= 11 is 0. The van der Waals surface area contributed by atoms with Gasteiger partial charge in [0.25, 0.3) is 0 Å². The van der Waals surface area contributed by atoms with Crippen molar-refractivity contribution in [2.45, 2.75) is 13.0 Å². The van der Waals surface area contributed by atoms with E-state index in [4.69, 9.17) is 4.74 Å². The SMILES string of the molecule is c1cncc(CNCCc2ccc3c(c2)NCCO3)c1. The van der Waals surface area contributed by atoms with Gasteiger partial charge in [-0.3, -0.25) is 4.98 Å². The molecule has 3 rings (SSSR count). The number of hydrogen-bond donors (Lipinski definition) is 2. The average molecular weight is 269 g/mol. The van der Waals surface area contributed by atoms with Crippen molar-refractivity contribution < 1.29 is 4.74 Å². The molecule has 4 heteroatoms. The minimum absolute atomic E-state index is 0.749. The van der Waals surface area contributed by atoms with Gasteiger partial charge in [-0.2, -0.15) is 0 Å². The van der Waals surface area contributed by atoms with Crippen LogP contribution in [0.4, 0.5) is 5.69 Å². The molecule has 0 saturated heterocycles. The lowest BCUT2D eigenvalue weighted by Crippen LogP contribution is -2.19. The minimum Gasteiger partial charge on any atom is -0.490 e. The van der Waals surface area contributed by atoms with E-state index in [9.17, 15) is 0 Å². The lowest BCUT2D eigenvalue weighted by Gasteiger charge is -2.19. The Morgan fingerprint density at radius 1 is 1.25 bits per heavy atom. The molecule has 2 aromatic rings.